The van der Waals surface area contributed by atoms with E-state index in [-0.39, 0.29) is 0 Å². The van der Waals surface area contributed by atoms with Gasteiger partial charge in [0.1, 0.15) is 6.61 Å². The number of aromatic nitrogens is 1. The van der Waals surface area contributed by atoms with E-state index in [1.54, 1.807) is 11.7 Å². The summed E-state index contributed by atoms with van der Waals surface area (Å²) in [7, 11) is 0. The molecule has 3 heteroatoms. The molecule has 0 fully saturated rings. The van der Waals surface area contributed by atoms with Crippen LogP contribution in [0.4, 0.5) is 0 Å². The van der Waals surface area contributed by atoms with E-state index in [1.807, 2.05) is 12.1 Å². The van der Waals surface area contributed by atoms with Crippen molar-refractivity contribution < 1.29 is 4.74 Å². The van der Waals surface area contributed by atoms with Crippen LogP contribution in [-0.2, 0) is 6.61 Å². The molecule has 0 amide bonds. The number of nitrogens with zero attached hydrogens (tertiary/aromatic N) is 1. The minimum absolute atomic E-state index is 0.620. The number of thiazole rings is 1. The number of ether oxygens (including phenoxy) is 1. The highest BCUT2D eigenvalue weighted by molar-refractivity contribution is 7.11. The zero-order chi connectivity index (χ0) is 9.80. The van der Waals surface area contributed by atoms with Crippen molar-refractivity contribution in [3.63, 3.8) is 0 Å². The minimum atomic E-state index is 0.620. The fraction of sp³-hybridized carbons (Fsp3) is 0.182. The summed E-state index contributed by atoms with van der Waals surface area (Å²) < 4.78 is 5.57. The van der Waals surface area contributed by atoms with E-state index < -0.39 is 0 Å². The summed E-state index contributed by atoms with van der Waals surface area (Å²) in [6, 6.07) is 8.23. The van der Waals surface area contributed by atoms with Gasteiger partial charge in [0.05, 0.1) is 11.7 Å². The van der Waals surface area contributed by atoms with Crippen LogP contribution in [0.2, 0.25) is 0 Å². The van der Waals surface area contributed by atoms with Gasteiger partial charge in [0, 0.05) is 0 Å². The molecule has 0 saturated heterocycles. The zero-order valence-electron chi connectivity index (χ0n) is 7.93. The molecular weight excluding hydrogens is 194 g/mol. The molecule has 0 saturated carbocycles. The van der Waals surface area contributed by atoms with Crippen LogP contribution in [-0.4, -0.2) is 4.98 Å². The first-order valence-electron chi connectivity index (χ1n) is 4.42. The summed E-state index contributed by atoms with van der Waals surface area (Å²) in [6.45, 7) is 2.71. The molecule has 2 aromatic rings. The Kier molecular flexibility index (Phi) is 2.79. The van der Waals surface area contributed by atoms with Crippen LogP contribution in [0.1, 0.15) is 11.1 Å². The summed E-state index contributed by atoms with van der Waals surface area (Å²) in [4.78, 5) is 3.95. The largest absolute Gasteiger partial charge is 0.478 e. The fourth-order valence-corrected chi connectivity index (χ4v) is 1.67. The molecule has 0 aliphatic heterocycles. The van der Waals surface area contributed by atoms with Crippen molar-refractivity contribution in [3.8, 4) is 5.06 Å². The third-order valence-electron chi connectivity index (χ3n) is 2.04. The lowest BCUT2D eigenvalue weighted by Gasteiger charge is -2.05. The summed E-state index contributed by atoms with van der Waals surface area (Å²) in [5.41, 5.74) is 4.26. The lowest BCUT2D eigenvalue weighted by molar-refractivity contribution is 0.314. The van der Waals surface area contributed by atoms with Gasteiger partial charge in [-0.25, -0.2) is 4.98 Å². The first-order chi connectivity index (χ1) is 6.86. The quantitative estimate of drug-likeness (QED) is 0.768. The normalized spacial score (nSPS) is 10.1. The van der Waals surface area contributed by atoms with Gasteiger partial charge < -0.3 is 4.74 Å². The van der Waals surface area contributed by atoms with Crippen molar-refractivity contribution in [2.75, 3.05) is 0 Å². The Morgan fingerprint density at radius 2 is 2.21 bits per heavy atom. The highest BCUT2D eigenvalue weighted by Crippen LogP contribution is 2.18. The summed E-state index contributed by atoms with van der Waals surface area (Å²) in [5, 5.41) is 0.869. The zero-order valence-corrected chi connectivity index (χ0v) is 8.75. The van der Waals surface area contributed by atoms with Crippen LogP contribution in [0.5, 0.6) is 5.06 Å². The second kappa shape index (κ2) is 4.24. The van der Waals surface area contributed by atoms with Crippen LogP contribution in [0.3, 0.4) is 0 Å². The second-order valence-electron chi connectivity index (χ2n) is 3.04. The molecule has 2 rings (SSSR count). The van der Waals surface area contributed by atoms with E-state index in [4.69, 9.17) is 4.74 Å². The van der Waals surface area contributed by atoms with E-state index in [2.05, 4.69) is 24.0 Å². The van der Waals surface area contributed by atoms with Gasteiger partial charge in [-0.2, -0.15) is 0 Å². The highest BCUT2D eigenvalue weighted by Gasteiger charge is 1.99. The minimum Gasteiger partial charge on any atom is -0.478 e. The molecule has 14 heavy (non-hydrogen) atoms. The Hall–Kier alpha value is -1.35. The first kappa shape index (κ1) is 9.21. The molecule has 1 aromatic heterocycles. The lowest BCUT2D eigenvalue weighted by atomic mass is 10.1. The predicted molar refractivity (Wildman–Crippen MR) is 57.6 cm³/mol. The van der Waals surface area contributed by atoms with Gasteiger partial charge in [-0.1, -0.05) is 35.6 Å². The van der Waals surface area contributed by atoms with Gasteiger partial charge in [0.2, 0.25) is 0 Å². The maximum Gasteiger partial charge on any atom is 0.194 e. The SMILES string of the molecule is Cc1ccccc1COc1cncs1. The van der Waals surface area contributed by atoms with Crippen LogP contribution in [0, 0.1) is 6.92 Å². The molecule has 0 atom stereocenters. The van der Waals surface area contributed by atoms with Gasteiger partial charge in [-0.3, -0.25) is 0 Å². The molecule has 0 unspecified atom stereocenters. The second-order valence-corrected chi connectivity index (χ2v) is 3.88. The average Bonchev–Trinajstić information content (AvgIpc) is 2.69. The molecule has 2 nitrogen and oxygen atoms in total. The van der Waals surface area contributed by atoms with E-state index in [9.17, 15) is 0 Å². The molecule has 0 aliphatic carbocycles. The molecule has 72 valence electrons. The number of hydrogen-bond acceptors (Lipinski definition) is 3. The smallest absolute Gasteiger partial charge is 0.194 e. The van der Waals surface area contributed by atoms with Gasteiger partial charge in [-0.05, 0) is 18.1 Å². The van der Waals surface area contributed by atoms with Gasteiger partial charge in [0.25, 0.3) is 0 Å². The molecule has 0 aliphatic rings. The Balaban J connectivity index is 2.02. The van der Waals surface area contributed by atoms with Crippen molar-refractivity contribution >= 4 is 11.3 Å². The molecule has 0 bridgehead atoms. The summed E-state index contributed by atoms with van der Waals surface area (Å²) in [6.07, 6.45) is 1.74. The predicted octanol–water partition coefficient (Wildman–Crippen LogP) is 3.03. The van der Waals surface area contributed by atoms with Crippen LogP contribution < -0.4 is 4.74 Å². The molecule has 0 spiro atoms. The first-order valence-corrected chi connectivity index (χ1v) is 5.30. The maximum absolute atomic E-state index is 5.57. The van der Waals surface area contributed by atoms with Gasteiger partial charge in [0.15, 0.2) is 5.06 Å². The topological polar surface area (TPSA) is 22.1 Å². The number of hydrogen-bond donors (Lipinski definition) is 0. The van der Waals surface area contributed by atoms with Crippen molar-refractivity contribution in [2.24, 2.45) is 0 Å². The number of aryl methyl sites for hydroxylation is 1. The Morgan fingerprint density at radius 3 is 2.93 bits per heavy atom. The maximum atomic E-state index is 5.57. The Bertz CT molecular complexity index is 397. The van der Waals surface area contributed by atoms with Crippen LogP contribution >= 0.6 is 11.3 Å². The van der Waals surface area contributed by atoms with Gasteiger partial charge >= 0.3 is 0 Å². The molecule has 1 aromatic carbocycles. The van der Waals surface area contributed by atoms with Gasteiger partial charge in [-0.15, -0.1) is 0 Å². The average molecular weight is 205 g/mol. The fourth-order valence-electron chi connectivity index (χ4n) is 1.20. The molecular formula is C11H11NOS. The van der Waals surface area contributed by atoms with Crippen LogP contribution in [0.15, 0.2) is 36.0 Å². The van der Waals surface area contributed by atoms with E-state index >= 15 is 0 Å². The molecule has 0 N–H and O–H groups in total. The van der Waals surface area contributed by atoms with Crippen molar-refractivity contribution in [1.82, 2.24) is 4.98 Å². The Labute approximate surface area is 87.2 Å². The molecule has 1 heterocycles. The van der Waals surface area contributed by atoms with Crippen molar-refractivity contribution in [3.05, 3.63) is 47.1 Å². The standard InChI is InChI=1S/C11H11NOS/c1-9-4-2-3-5-10(9)7-13-11-6-12-8-14-11/h2-6,8H,7H2,1H3. The summed E-state index contributed by atoms with van der Waals surface area (Å²) >= 11 is 1.51. The number of rotatable bonds is 3. The monoisotopic (exact) mass is 205 g/mol. The highest BCUT2D eigenvalue weighted by atomic mass is 32.1. The van der Waals surface area contributed by atoms with Crippen LogP contribution in [0.25, 0.3) is 0 Å². The third kappa shape index (κ3) is 2.12. The van der Waals surface area contributed by atoms with E-state index in [0.717, 1.165) is 5.06 Å². The van der Waals surface area contributed by atoms with Crippen molar-refractivity contribution in [2.45, 2.75) is 13.5 Å². The Morgan fingerprint density at radius 1 is 1.36 bits per heavy atom. The van der Waals surface area contributed by atoms with E-state index in [0.29, 0.717) is 6.61 Å². The summed E-state index contributed by atoms with van der Waals surface area (Å²) in [5.74, 6) is 0. The molecule has 0 radical (unpaired) electrons. The number of benzene rings is 1. The van der Waals surface area contributed by atoms with Crippen molar-refractivity contribution in [1.29, 1.82) is 0 Å². The third-order valence-corrected chi connectivity index (χ3v) is 2.72. The van der Waals surface area contributed by atoms with E-state index in [1.165, 1.54) is 22.5 Å². The lowest BCUT2D eigenvalue weighted by Crippen LogP contribution is -1.95.